The Labute approximate surface area is 104 Å². The van der Waals surface area contributed by atoms with E-state index in [1.165, 1.54) is 5.56 Å². The average molecular weight is 237 g/mol. The van der Waals surface area contributed by atoms with Crippen LogP contribution in [0, 0.1) is 0 Å². The molecule has 3 nitrogen and oxygen atoms in total. The summed E-state index contributed by atoms with van der Waals surface area (Å²) in [5.41, 5.74) is 8.00. The Morgan fingerprint density at radius 1 is 1.35 bits per heavy atom. The Bertz CT molecular complexity index is 369. The van der Waals surface area contributed by atoms with Gasteiger partial charge in [-0.25, -0.2) is 0 Å². The number of benzene rings is 1. The lowest BCUT2D eigenvalue weighted by Gasteiger charge is -2.22. The molecule has 1 atom stereocenters. The third-order valence-corrected chi connectivity index (χ3v) is 2.78. The van der Waals surface area contributed by atoms with Gasteiger partial charge in [-0.05, 0) is 24.0 Å². The van der Waals surface area contributed by atoms with Crippen molar-refractivity contribution < 1.29 is 9.84 Å². The minimum absolute atomic E-state index is 0.0745. The summed E-state index contributed by atoms with van der Waals surface area (Å²) in [7, 11) is 0. The molecule has 0 saturated heterocycles. The summed E-state index contributed by atoms with van der Waals surface area (Å²) in [5, 5.41) is 9.13. The molecule has 1 aromatic rings. The highest BCUT2D eigenvalue weighted by Gasteiger charge is 2.18. The summed E-state index contributed by atoms with van der Waals surface area (Å²) in [6, 6.07) is 5.64. The number of hydrogen-bond acceptors (Lipinski definition) is 3. The summed E-state index contributed by atoms with van der Waals surface area (Å²) in [6.07, 6.45) is 0. The maximum atomic E-state index is 9.13. The number of ether oxygens (including phenoxy) is 1. The van der Waals surface area contributed by atoms with Crippen molar-refractivity contribution in [2.75, 3.05) is 13.2 Å². The molecule has 0 bridgehead atoms. The SMILES string of the molecule is CCOc1cc(C(C)(C)C)ccc1C(N)CO. The molecule has 0 aromatic heterocycles. The van der Waals surface area contributed by atoms with Crippen LogP contribution in [0.25, 0.3) is 0 Å². The smallest absolute Gasteiger partial charge is 0.124 e. The van der Waals surface area contributed by atoms with Crippen molar-refractivity contribution in [3.8, 4) is 5.75 Å². The predicted octanol–water partition coefficient (Wildman–Crippen LogP) is 2.37. The summed E-state index contributed by atoms with van der Waals surface area (Å²) < 4.78 is 5.60. The van der Waals surface area contributed by atoms with Crippen LogP contribution in [0.4, 0.5) is 0 Å². The van der Waals surface area contributed by atoms with E-state index >= 15 is 0 Å². The van der Waals surface area contributed by atoms with Gasteiger partial charge in [0.1, 0.15) is 5.75 Å². The lowest BCUT2D eigenvalue weighted by atomic mass is 9.86. The van der Waals surface area contributed by atoms with Crippen LogP contribution in [0.2, 0.25) is 0 Å². The summed E-state index contributed by atoms with van der Waals surface area (Å²) in [4.78, 5) is 0. The van der Waals surface area contributed by atoms with Gasteiger partial charge in [-0.3, -0.25) is 0 Å². The fourth-order valence-electron chi connectivity index (χ4n) is 1.69. The van der Waals surface area contributed by atoms with Crippen molar-refractivity contribution in [1.29, 1.82) is 0 Å². The van der Waals surface area contributed by atoms with Crippen LogP contribution < -0.4 is 10.5 Å². The highest BCUT2D eigenvalue weighted by atomic mass is 16.5. The molecule has 0 radical (unpaired) electrons. The van der Waals surface area contributed by atoms with Gasteiger partial charge in [0.15, 0.2) is 0 Å². The van der Waals surface area contributed by atoms with Gasteiger partial charge in [0.2, 0.25) is 0 Å². The van der Waals surface area contributed by atoms with Gasteiger partial charge < -0.3 is 15.6 Å². The third kappa shape index (κ3) is 3.45. The van der Waals surface area contributed by atoms with E-state index < -0.39 is 0 Å². The topological polar surface area (TPSA) is 55.5 Å². The number of nitrogens with two attached hydrogens (primary N) is 1. The summed E-state index contributed by atoms with van der Waals surface area (Å²) >= 11 is 0. The summed E-state index contributed by atoms with van der Waals surface area (Å²) in [5.74, 6) is 0.779. The lowest BCUT2D eigenvalue weighted by molar-refractivity contribution is 0.261. The number of aliphatic hydroxyl groups excluding tert-OH is 1. The van der Waals surface area contributed by atoms with Crippen LogP contribution >= 0.6 is 0 Å². The first-order valence-electron chi connectivity index (χ1n) is 6.03. The molecule has 1 unspecified atom stereocenters. The Balaban J connectivity index is 3.17. The van der Waals surface area contributed by atoms with Crippen molar-refractivity contribution in [3.63, 3.8) is 0 Å². The van der Waals surface area contributed by atoms with Gasteiger partial charge in [0.25, 0.3) is 0 Å². The minimum Gasteiger partial charge on any atom is -0.494 e. The Morgan fingerprint density at radius 3 is 2.47 bits per heavy atom. The maximum Gasteiger partial charge on any atom is 0.124 e. The van der Waals surface area contributed by atoms with Gasteiger partial charge in [0.05, 0.1) is 19.3 Å². The zero-order chi connectivity index (χ0) is 13.1. The molecule has 1 rings (SSSR count). The number of aliphatic hydroxyl groups is 1. The van der Waals surface area contributed by atoms with E-state index in [-0.39, 0.29) is 18.1 Å². The monoisotopic (exact) mass is 237 g/mol. The van der Waals surface area contributed by atoms with E-state index in [1.54, 1.807) is 0 Å². The third-order valence-electron chi connectivity index (χ3n) is 2.78. The van der Waals surface area contributed by atoms with Crippen LogP contribution in [-0.2, 0) is 5.41 Å². The van der Waals surface area contributed by atoms with Gasteiger partial charge in [-0.15, -0.1) is 0 Å². The average Bonchev–Trinajstić information content (AvgIpc) is 2.27. The molecular formula is C14H23NO2. The molecule has 3 N–H and O–H groups in total. The van der Waals surface area contributed by atoms with E-state index in [4.69, 9.17) is 15.6 Å². The highest BCUT2D eigenvalue weighted by Crippen LogP contribution is 2.31. The molecule has 0 aliphatic rings. The van der Waals surface area contributed by atoms with E-state index in [0.717, 1.165) is 11.3 Å². The first-order chi connectivity index (χ1) is 7.90. The first kappa shape index (κ1) is 14.0. The highest BCUT2D eigenvalue weighted by molar-refractivity contribution is 5.41. The normalized spacial score (nSPS) is 13.5. The molecule has 0 aliphatic carbocycles. The Hall–Kier alpha value is -1.06. The molecule has 0 heterocycles. The van der Waals surface area contributed by atoms with Crippen LogP contribution in [-0.4, -0.2) is 18.3 Å². The molecule has 0 aliphatic heterocycles. The Kier molecular flexibility index (Phi) is 4.54. The quantitative estimate of drug-likeness (QED) is 0.845. The zero-order valence-corrected chi connectivity index (χ0v) is 11.2. The second kappa shape index (κ2) is 5.52. The van der Waals surface area contributed by atoms with Crippen molar-refractivity contribution in [2.45, 2.75) is 39.2 Å². The van der Waals surface area contributed by atoms with E-state index in [9.17, 15) is 0 Å². The summed E-state index contributed by atoms with van der Waals surface area (Å²) in [6.45, 7) is 8.93. The minimum atomic E-state index is -0.384. The second-order valence-corrected chi connectivity index (χ2v) is 5.22. The van der Waals surface area contributed by atoms with Crippen LogP contribution in [0.3, 0.4) is 0 Å². The van der Waals surface area contributed by atoms with Gasteiger partial charge in [-0.2, -0.15) is 0 Å². The van der Waals surface area contributed by atoms with Crippen LogP contribution in [0.15, 0.2) is 18.2 Å². The molecule has 0 spiro atoms. The van der Waals surface area contributed by atoms with Crippen molar-refractivity contribution in [1.82, 2.24) is 0 Å². The van der Waals surface area contributed by atoms with Crippen molar-refractivity contribution in [3.05, 3.63) is 29.3 Å². The second-order valence-electron chi connectivity index (χ2n) is 5.22. The number of hydrogen-bond donors (Lipinski definition) is 2. The fourth-order valence-corrected chi connectivity index (χ4v) is 1.69. The molecule has 0 amide bonds. The van der Waals surface area contributed by atoms with Crippen LogP contribution in [0.1, 0.15) is 44.9 Å². The number of rotatable bonds is 4. The zero-order valence-electron chi connectivity index (χ0n) is 11.2. The van der Waals surface area contributed by atoms with Crippen LogP contribution in [0.5, 0.6) is 5.75 Å². The van der Waals surface area contributed by atoms with E-state index in [1.807, 2.05) is 25.1 Å². The molecular weight excluding hydrogens is 214 g/mol. The molecule has 0 fully saturated rings. The standard InChI is InChI=1S/C14H23NO2/c1-5-17-13-8-10(14(2,3)4)6-7-11(13)12(15)9-16/h6-8,12,16H,5,9,15H2,1-4H3. The van der Waals surface area contributed by atoms with Gasteiger partial charge in [-0.1, -0.05) is 32.9 Å². The molecule has 1 aromatic carbocycles. The van der Waals surface area contributed by atoms with Gasteiger partial charge in [0, 0.05) is 5.56 Å². The molecule has 17 heavy (non-hydrogen) atoms. The first-order valence-corrected chi connectivity index (χ1v) is 6.03. The van der Waals surface area contributed by atoms with E-state index in [0.29, 0.717) is 6.61 Å². The maximum absolute atomic E-state index is 9.13. The molecule has 96 valence electrons. The predicted molar refractivity (Wildman–Crippen MR) is 70.3 cm³/mol. The largest absolute Gasteiger partial charge is 0.494 e. The Morgan fingerprint density at radius 2 is 2.00 bits per heavy atom. The van der Waals surface area contributed by atoms with Crippen molar-refractivity contribution >= 4 is 0 Å². The molecule has 0 saturated carbocycles. The lowest BCUT2D eigenvalue weighted by Crippen LogP contribution is -2.17. The van der Waals surface area contributed by atoms with Crippen molar-refractivity contribution in [2.24, 2.45) is 5.73 Å². The molecule has 3 heteroatoms. The van der Waals surface area contributed by atoms with Gasteiger partial charge >= 0.3 is 0 Å². The van der Waals surface area contributed by atoms with E-state index in [2.05, 4.69) is 20.8 Å². The fraction of sp³-hybridized carbons (Fsp3) is 0.571.